The van der Waals surface area contributed by atoms with E-state index in [2.05, 4.69) is 60.7 Å². The van der Waals surface area contributed by atoms with Gasteiger partial charge in [0.2, 0.25) is 0 Å². The third kappa shape index (κ3) is 2.90. The molecule has 22 heavy (non-hydrogen) atoms. The Hall–Kier alpha value is -1.38. The van der Waals surface area contributed by atoms with Gasteiger partial charge in [-0.1, -0.05) is 79.9 Å². The van der Waals surface area contributed by atoms with E-state index in [-0.39, 0.29) is 5.41 Å². The summed E-state index contributed by atoms with van der Waals surface area (Å²) in [4.78, 5) is 0. The second-order valence-corrected chi connectivity index (χ2v) is 7.05. The van der Waals surface area contributed by atoms with E-state index >= 15 is 0 Å². The number of benzene rings is 2. The molecule has 0 radical (unpaired) electrons. The van der Waals surface area contributed by atoms with Gasteiger partial charge in [0.15, 0.2) is 0 Å². The van der Waals surface area contributed by atoms with Gasteiger partial charge >= 0.3 is 0 Å². The largest absolute Gasteiger partial charge is 0.427 e. The van der Waals surface area contributed by atoms with Crippen molar-refractivity contribution in [2.24, 2.45) is 5.92 Å². The fraction of sp³-hybridized carbons (Fsp3) is 0.400. The summed E-state index contributed by atoms with van der Waals surface area (Å²) < 4.78 is 5.91. The smallest absolute Gasteiger partial charge is 0.146 e. The Kier molecular flexibility index (Phi) is 5.11. The van der Waals surface area contributed by atoms with E-state index in [1.807, 2.05) is 0 Å². The van der Waals surface area contributed by atoms with Gasteiger partial charge in [0, 0.05) is 12.0 Å². The van der Waals surface area contributed by atoms with Gasteiger partial charge < -0.3 is 4.43 Å². The molecule has 3 rings (SSSR count). The molecule has 0 aromatic heterocycles. The lowest BCUT2D eigenvalue weighted by molar-refractivity contribution is 0.161. The van der Waals surface area contributed by atoms with E-state index < -0.39 is 0 Å². The lowest BCUT2D eigenvalue weighted by Crippen LogP contribution is -2.42. The van der Waals surface area contributed by atoms with Gasteiger partial charge in [-0.15, -0.1) is 0 Å². The third-order valence-corrected chi connectivity index (χ3v) is 5.54. The zero-order valence-electron chi connectivity index (χ0n) is 13.5. The molecule has 1 saturated carbocycles. The van der Waals surface area contributed by atoms with Crippen LogP contribution < -0.4 is 0 Å². The molecule has 0 unspecified atom stereocenters. The van der Waals surface area contributed by atoms with Crippen molar-refractivity contribution >= 4 is 10.5 Å². The van der Waals surface area contributed by atoms with Crippen LogP contribution in [0.3, 0.4) is 0 Å². The van der Waals surface area contributed by atoms with Crippen LogP contribution in [0.2, 0.25) is 0 Å². The number of rotatable bonds is 5. The highest BCUT2D eigenvalue weighted by molar-refractivity contribution is 5.98. The first-order valence-electron chi connectivity index (χ1n) is 8.48. The fourth-order valence-corrected chi connectivity index (χ4v) is 4.67. The van der Waals surface area contributed by atoms with Crippen LogP contribution in [0.4, 0.5) is 0 Å². The first kappa shape index (κ1) is 15.5. The molecule has 2 aromatic carbocycles. The van der Waals surface area contributed by atoms with Crippen molar-refractivity contribution in [2.75, 3.05) is 6.61 Å². The fourth-order valence-electron chi connectivity index (χ4n) is 4.22. The highest BCUT2D eigenvalue weighted by Gasteiger charge is 2.42. The predicted molar refractivity (Wildman–Crippen MR) is 96.1 cm³/mol. The molecular formula is C20H26OSi. The SMILES string of the molecule is [SiH3]OCC(c1ccccc1)(c1ccccc1)C1CCCCC1. The van der Waals surface area contributed by atoms with Crippen LogP contribution in [0.25, 0.3) is 0 Å². The summed E-state index contributed by atoms with van der Waals surface area (Å²) in [7, 11) is 0.793. The quantitative estimate of drug-likeness (QED) is 0.762. The molecule has 0 atom stereocenters. The van der Waals surface area contributed by atoms with Gasteiger partial charge in [0.1, 0.15) is 10.5 Å². The van der Waals surface area contributed by atoms with Crippen LogP contribution in [0.1, 0.15) is 43.2 Å². The number of hydrogen-bond donors (Lipinski definition) is 0. The normalized spacial score (nSPS) is 16.7. The molecule has 1 fully saturated rings. The summed E-state index contributed by atoms with van der Waals surface area (Å²) in [6.07, 6.45) is 6.72. The molecule has 1 nitrogen and oxygen atoms in total. The average Bonchev–Trinajstić information content (AvgIpc) is 2.62. The monoisotopic (exact) mass is 310 g/mol. The van der Waals surface area contributed by atoms with Crippen molar-refractivity contribution < 1.29 is 4.43 Å². The van der Waals surface area contributed by atoms with Crippen molar-refractivity contribution in [3.05, 3.63) is 71.8 Å². The molecule has 116 valence electrons. The first-order chi connectivity index (χ1) is 10.9. The lowest BCUT2D eigenvalue weighted by Gasteiger charge is -2.43. The van der Waals surface area contributed by atoms with Crippen molar-refractivity contribution in [2.45, 2.75) is 37.5 Å². The molecule has 0 saturated heterocycles. The zero-order chi connectivity index (χ0) is 15.3. The minimum absolute atomic E-state index is 0.0185. The molecule has 2 aromatic rings. The standard InChI is InChI=1S/C20H26OSi/c22-21-16-20(17-10-4-1-5-11-17,18-12-6-2-7-13-18)19-14-8-3-9-15-19/h1-2,4-7,10-13,19H,3,8-9,14-16H2,22H3. The highest BCUT2D eigenvalue weighted by atomic mass is 28.2. The molecule has 0 amide bonds. The van der Waals surface area contributed by atoms with Crippen molar-refractivity contribution in [3.8, 4) is 0 Å². The van der Waals surface area contributed by atoms with Gasteiger partial charge in [-0.25, -0.2) is 0 Å². The Morgan fingerprint density at radius 3 is 1.77 bits per heavy atom. The summed E-state index contributed by atoms with van der Waals surface area (Å²) in [5.41, 5.74) is 2.86. The maximum atomic E-state index is 5.91. The van der Waals surface area contributed by atoms with Crippen LogP contribution in [-0.2, 0) is 9.84 Å². The molecule has 0 heterocycles. The predicted octanol–water partition coefficient (Wildman–Crippen LogP) is 3.85. The van der Waals surface area contributed by atoms with Crippen LogP contribution in [0, 0.1) is 5.92 Å². The van der Waals surface area contributed by atoms with Gasteiger partial charge in [0.05, 0.1) is 0 Å². The van der Waals surface area contributed by atoms with Crippen LogP contribution in [0.5, 0.6) is 0 Å². The Morgan fingerprint density at radius 2 is 1.32 bits per heavy atom. The second kappa shape index (κ2) is 7.25. The maximum absolute atomic E-state index is 5.91. The van der Waals surface area contributed by atoms with E-state index in [9.17, 15) is 0 Å². The Balaban J connectivity index is 2.13. The summed E-state index contributed by atoms with van der Waals surface area (Å²) in [6, 6.07) is 22.1. The molecule has 1 aliphatic carbocycles. The average molecular weight is 311 g/mol. The molecule has 0 aliphatic heterocycles. The van der Waals surface area contributed by atoms with Gasteiger partial charge in [0.25, 0.3) is 0 Å². The topological polar surface area (TPSA) is 9.23 Å². The molecule has 2 heteroatoms. The molecule has 0 bridgehead atoms. The van der Waals surface area contributed by atoms with Crippen LogP contribution >= 0.6 is 0 Å². The minimum atomic E-state index is 0.0185. The Bertz CT molecular complexity index is 521. The highest BCUT2D eigenvalue weighted by Crippen LogP contribution is 2.46. The summed E-state index contributed by atoms with van der Waals surface area (Å²) >= 11 is 0. The van der Waals surface area contributed by atoms with Crippen molar-refractivity contribution in [1.82, 2.24) is 0 Å². The van der Waals surface area contributed by atoms with E-state index in [1.165, 1.54) is 43.2 Å². The Morgan fingerprint density at radius 1 is 0.818 bits per heavy atom. The summed E-state index contributed by atoms with van der Waals surface area (Å²) in [6.45, 7) is 0.817. The van der Waals surface area contributed by atoms with E-state index in [1.54, 1.807) is 0 Å². The van der Waals surface area contributed by atoms with Gasteiger partial charge in [-0.05, 0) is 29.9 Å². The zero-order valence-corrected chi connectivity index (χ0v) is 15.5. The molecule has 0 N–H and O–H groups in total. The van der Waals surface area contributed by atoms with E-state index in [4.69, 9.17) is 4.43 Å². The molecule has 0 spiro atoms. The molecular weight excluding hydrogens is 284 g/mol. The van der Waals surface area contributed by atoms with Gasteiger partial charge in [-0.3, -0.25) is 0 Å². The van der Waals surface area contributed by atoms with Crippen LogP contribution in [0.15, 0.2) is 60.7 Å². The number of hydrogen-bond acceptors (Lipinski definition) is 1. The minimum Gasteiger partial charge on any atom is -0.427 e. The van der Waals surface area contributed by atoms with Gasteiger partial charge in [-0.2, -0.15) is 0 Å². The summed E-state index contributed by atoms with van der Waals surface area (Å²) in [5.74, 6) is 0.681. The first-order valence-corrected chi connectivity index (χ1v) is 9.29. The van der Waals surface area contributed by atoms with Crippen molar-refractivity contribution in [1.29, 1.82) is 0 Å². The van der Waals surface area contributed by atoms with Crippen molar-refractivity contribution in [3.63, 3.8) is 0 Å². The third-order valence-electron chi connectivity index (χ3n) is 5.25. The molecule has 1 aliphatic rings. The Labute approximate surface area is 137 Å². The van der Waals surface area contributed by atoms with Crippen LogP contribution in [-0.4, -0.2) is 17.1 Å². The summed E-state index contributed by atoms with van der Waals surface area (Å²) in [5, 5.41) is 0. The van der Waals surface area contributed by atoms with E-state index in [0.29, 0.717) is 5.92 Å². The lowest BCUT2D eigenvalue weighted by atomic mass is 9.62. The maximum Gasteiger partial charge on any atom is 0.146 e. The second-order valence-electron chi connectivity index (χ2n) is 6.47. The van der Waals surface area contributed by atoms with E-state index in [0.717, 1.165) is 17.1 Å².